The first-order chi connectivity index (χ1) is 7.18. The van der Waals surface area contributed by atoms with Crippen LogP contribution in [0.5, 0.6) is 0 Å². The second-order valence-corrected chi connectivity index (χ2v) is 4.09. The highest BCUT2D eigenvalue weighted by molar-refractivity contribution is 5.93. The summed E-state index contributed by atoms with van der Waals surface area (Å²) < 4.78 is 0. The predicted octanol–water partition coefficient (Wildman–Crippen LogP) is 2.45. The van der Waals surface area contributed by atoms with Crippen LogP contribution in [-0.2, 0) is 11.3 Å². The van der Waals surface area contributed by atoms with E-state index in [0.29, 0.717) is 6.54 Å². The smallest absolute Gasteiger partial charge is 0.247 e. The molecule has 2 nitrogen and oxygen atoms in total. The van der Waals surface area contributed by atoms with Crippen molar-refractivity contribution >= 4 is 12.0 Å². The van der Waals surface area contributed by atoms with Crippen LogP contribution >= 0.6 is 0 Å². The minimum Gasteiger partial charge on any atom is -0.332 e. The molecule has 1 aliphatic heterocycles. The van der Waals surface area contributed by atoms with E-state index in [9.17, 15) is 4.79 Å². The number of nitrogens with zero attached hydrogens (tertiary/aromatic N) is 1. The van der Waals surface area contributed by atoms with Crippen molar-refractivity contribution in [3.63, 3.8) is 0 Å². The number of hydrogen-bond donors (Lipinski definition) is 0. The average molecular weight is 201 g/mol. The molecule has 0 spiro atoms. The summed E-state index contributed by atoms with van der Waals surface area (Å²) in [4.78, 5) is 13.6. The second kappa shape index (κ2) is 3.89. The summed E-state index contributed by atoms with van der Waals surface area (Å²) in [7, 11) is 0. The largest absolute Gasteiger partial charge is 0.332 e. The van der Waals surface area contributed by atoms with Gasteiger partial charge in [-0.05, 0) is 31.1 Å². The molecular weight excluding hydrogens is 186 g/mol. The Bertz CT molecular complexity index is 407. The van der Waals surface area contributed by atoms with Crippen LogP contribution in [0.2, 0.25) is 0 Å². The van der Waals surface area contributed by atoms with Gasteiger partial charge in [0.2, 0.25) is 5.91 Å². The number of fused-ring (bicyclic) bond motifs is 1. The van der Waals surface area contributed by atoms with Crippen molar-refractivity contribution < 1.29 is 4.79 Å². The van der Waals surface area contributed by atoms with Gasteiger partial charge in [0, 0.05) is 18.7 Å². The first-order valence-corrected chi connectivity index (χ1v) is 5.25. The summed E-state index contributed by atoms with van der Waals surface area (Å²) >= 11 is 0. The lowest BCUT2D eigenvalue weighted by molar-refractivity contribution is -0.128. The van der Waals surface area contributed by atoms with Crippen LogP contribution < -0.4 is 0 Å². The molecule has 1 aromatic carbocycles. The van der Waals surface area contributed by atoms with Gasteiger partial charge in [0.15, 0.2) is 0 Å². The maximum absolute atomic E-state index is 11.8. The zero-order valence-electron chi connectivity index (χ0n) is 9.10. The molecule has 1 aromatic rings. The van der Waals surface area contributed by atoms with Crippen molar-refractivity contribution in [1.82, 2.24) is 4.90 Å². The van der Waals surface area contributed by atoms with Crippen molar-refractivity contribution in [2.45, 2.75) is 26.4 Å². The van der Waals surface area contributed by atoms with Crippen molar-refractivity contribution in [3.8, 4) is 0 Å². The number of carbonyl (C=O) groups excluding carboxylic acids is 1. The fourth-order valence-corrected chi connectivity index (χ4v) is 1.80. The molecule has 0 saturated heterocycles. The molecule has 15 heavy (non-hydrogen) atoms. The van der Waals surface area contributed by atoms with E-state index in [2.05, 4.69) is 6.07 Å². The van der Waals surface area contributed by atoms with Gasteiger partial charge < -0.3 is 4.90 Å². The van der Waals surface area contributed by atoms with Crippen molar-refractivity contribution in [1.29, 1.82) is 0 Å². The third-order valence-electron chi connectivity index (χ3n) is 2.71. The number of amides is 1. The summed E-state index contributed by atoms with van der Waals surface area (Å²) in [5, 5.41) is 0. The third-order valence-corrected chi connectivity index (χ3v) is 2.71. The van der Waals surface area contributed by atoms with E-state index in [1.807, 2.05) is 43.0 Å². The highest BCUT2D eigenvalue weighted by Gasteiger charge is 2.18. The van der Waals surface area contributed by atoms with Gasteiger partial charge in [-0.15, -0.1) is 0 Å². The molecule has 0 aliphatic carbocycles. The lowest BCUT2D eigenvalue weighted by atomic mass is 10.1. The van der Waals surface area contributed by atoms with Crippen LogP contribution in [0.4, 0.5) is 0 Å². The van der Waals surface area contributed by atoms with Crippen LogP contribution in [0.15, 0.2) is 30.3 Å². The molecule has 78 valence electrons. The van der Waals surface area contributed by atoms with Crippen molar-refractivity contribution in [2.24, 2.45) is 0 Å². The third kappa shape index (κ3) is 1.94. The van der Waals surface area contributed by atoms with Gasteiger partial charge in [0.05, 0.1) is 0 Å². The molecule has 1 heterocycles. The van der Waals surface area contributed by atoms with Gasteiger partial charge in [-0.2, -0.15) is 0 Å². The van der Waals surface area contributed by atoms with Crippen molar-refractivity contribution in [3.05, 3.63) is 41.5 Å². The monoisotopic (exact) mass is 201 g/mol. The maximum Gasteiger partial charge on any atom is 0.247 e. The number of carbonyl (C=O) groups is 1. The molecular formula is C13H15NO. The Morgan fingerprint density at radius 3 is 2.67 bits per heavy atom. The van der Waals surface area contributed by atoms with Gasteiger partial charge in [0.25, 0.3) is 0 Å². The molecule has 0 saturated carbocycles. The van der Waals surface area contributed by atoms with Crippen LogP contribution in [-0.4, -0.2) is 16.8 Å². The van der Waals surface area contributed by atoms with E-state index in [1.165, 1.54) is 5.56 Å². The molecule has 0 radical (unpaired) electrons. The molecule has 1 amide bonds. The first kappa shape index (κ1) is 9.97. The normalized spacial score (nSPS) is 15.4. The molecule has 2 heteroatoms. The van der Waals surface area contributed by atoms with Crippen LogP contribution in [0.3, 0.4) is 0 Å². The van der Waals surface area contributed by atoms with E-state index >= 15 is 0 Å². The highest BCUT2D eigenvalue weighted by atomic mass is 16.2. The SMILES string of the molecule is CC(C)N1Cc2ccccc2C=CC1=O. The molecule has 0 N–H and O–H groups in total. The Hall–Kier alpha value is -1.57. The van der Waals surface area contributed by atoms with E-state index in [1.54, 1.807) is 6.08 Å². The first-order valence-electron chi connectivity index (χ1n) is 5.25. The summed E-state index contributed by atoms with van der Waals surface area (Å²) in [5.74, 6) is 0.0983. The van der Waals surface area contributed by atoms with E-state index in [-0.39, 0.29) is 11.9 Å². The topological polar surface area (TPSA) is 20.3 Å². The lowest BCUT2D eigenvalue weighted by Crippen LogP contribution is -2.34. The minimum atomic E-state index is 0.0983. The summed E-state index contributed by atoms with van der Waals surface area (Å²) in [6, 6.07) is 8.38. The number of benzene rings is 1. The summed E-state index contributed by atoms with van der Waals surface area (Å²) in [5.41, 5.74) is 2.36. The van der Waals surface area contributed by atoms with Crippen LogP contribution in [0, 0.1) is 0 Å². The predicted molar refractivity (Wildman–Crippen MR) is 61.2 cm³/mol. The molecule has 0 atom stereocenters. The molecule has 0 aromatic heterocycles. The quantitative estimate of drug-likeness (QED) is 0.683. The number of rotatable bonds is 1. The molecule has 0 unspecified atom stereocenters. The van der Waals surface area contributed by atoms with Gasteiger partial charge in [-0.3, -0.25) is 4.79 Å². The molecule has 2 rings (SSSR count). The molecule has 0 bridgehead atoms. The lowest BCUT2D eigenvalue weighted by Gasteiger charge is -2.24. The van der Waals surface area contributed by atoms with E-state index in [0.717, 1.165) is 5.56 Å². The molecule has 0 fully saturated rings. The minimum absolute atomic E-state index is 0.0983. The summed E-state index contributed by atoms with van der Waals surface area (Å²) in [6.07, 6.45) is 3.56. The van der Waals surface area contributed by atoms with E-state index in [4.69, 9.17) is 0 Å². The second-order valence-electron chi connectivity index (χ2n) is 4.09. The van der Waals surface area contributed by atoms with Gasteiger partial charge in [0.1, 0.15) is 0 Å². The highest BCUT2D eigenvalue weighted by Crippen LogP contribution is 2.18. The van der Waals surface area contributed by atoms with Crippen molar-refractivity contribution in [2.75, 3.05) is 0 Å². The van der Waals surface area contributed by atoms with Gasteiger partial charge >= 0.3 is 0 Å². The van der Waals surface area contributed by atoms with Crippen LogP contribution in [0.25, 0.3) is 6.08 Å². The maximum atomic E-state index is 11.8. The molecule has 1 aliphatic rings. The zero-order valence-corrected chi connectivity index (χ0v) is 9.10. The Balaban J connectivity index is 2.39. The van der Waals surface area contributed by atoms with Gasteiger partial charge in [-0.25, -0.2) is 0 Å². The zero-order chi connectivity index (χ0) is 10.8. The Labute approximate surface area is 90.2 Å². The summed E-state index contributed by atoms with van der Waals surface area (Å²) in [6.45, 7) is 4.79. The van der Waals surface area contributed by atoms with E-state index < -0.39 is 0 Å². The van der Waals surface area contributed by atoms with Crippen LogP contribution in [0.1, 0.15) is 25.0 Å². The number of hydrogen-bond acceptors (Lipinski definition) is 1. The Morgan fingerprint density at radius 2 is 1.93 bits per heavy atom. The average Bonchev–Trinajstić information content (AvgIpc) is 2.39. The fraction of sp³-hybridized carbons (Fsp3) is 0.308. The Morgan fingerprint density at radius 1 is 1.20 bits per heavy atom. The fourth-order valence-electron chi connectivity index (χ4n) is 1.80. The van der Waals surface area contributed by atoms with Gasteiger partial charge in [-0.1, -0.05) is 24.3 Å². The Kier molecular flexibility index (Phi) is 2.58. The standard InChI is InChI=1S/C13H15NO/c1-10(2)14-9-12-6-4-3-5-11(12)7-8-13(14)15/h3-8,10H,9H2,1-2H3.